The molecule has 0 saturated carbocycles. The number of hydrogen-bond donors (Lipinski definition) is 2. The first-order valence-corrected chi connectivity index (χ1v) is 7.43. The maximum atomic E-state index is 12.0. The Bertz CT molecular complexity index is 729. The molecular weight excluding hydrogens is 314 g/mol. The quantitative estimate of drug-likeness (QED) is 0.882. The van der Waals surface area contributed by atoms with Crippen LogP contribution in [-0.4, -0.2) is 19.0 Å². The number of benzene rings is 2. The SMILES string of the molecule is CC(=O)N(C)c1ccc(NC(=O)Nc2ccc(C)c(Cl)c2)cc1. The van der Waals surface area contributed by atoms with Crippen LogP contribution in [0.2, 0.25) is 5.02 Å². The third-order valence-corrected chi connectivity index (χ3v) is 3.82. The van der Waals surface area contributed by atoms with Gasteiger partial charge in [0, 0.05) is 36.1 Å². The van der Waals surface area contributed by atoms with Gasteiger partial charge in [-0.1, -0.05) is 17.7 Å². The van der Waals surface area contributed by atoms with E-state index in [-0.39, 0.29) is 11.9 Å². The van der Waals surface area contributed by atoms with E-state index in [1.165, 1.54) is 11.8 Å². The number of urea groups is 1. The molecule has 23 heavy (non-hydrogen) atoms. The van der Waals surface area contributed by atoms with Crippen LogP contribution in [-0.2, 0) is 4.79 Å². The molecule has 0 unspecified atom stereocenters. The lowest BCUT2D eigenvalue weighted by Crippen LogP contribution is -2.23. The normalized spacial score (nSPS) is 10.1. The molecular formula is C17H18ClN3O2. The van der Waals surface area contributed by atoms with Gasteiger partial charge < -0.3 is 15.5 Å². The third kappa shape index (κ3) is 4.47. The number of carbonyl (C=O) groups excluding carboxylic acids is 2. The van der Waals surface area contributed by atoms with Gasteiger partial charge in [-0.05, 0) is 48.9 Å². The second-order valence-corrected chi connectivity index (χ2v) is 5.58. The highest BCUT2D eigenvalue weighted by atomic mass is 35.5. The van der Waals surface area contributed by atoms with E-state index in [1.807, 2.05) is 13.0 Å². The molecule has 0 radical (unpaired) electrons. The van der Waals surface area contributed by atoms with Crippen LogP contribution in [0.1, 0.15) is 12.5 Å². The van der Waals surface area contributed by atoms with Crippen molar-refractivity contribution in [1.82, 2.24) is 0 Å². The molecule has 2 aromatic rings. The molecule has 0 aromatic heterocycles. The standard InChI is InChI=1S/C17H18ClN3O2/c1-11-4-5-14(10-16(11)18)20-17(23)19-13-6-8-15(9-7-13)21(3)12(2)22/h4-10H,1-3H3,(H2,19,20,23). The predicted molar refractivity (Wildman–Crippen MR) is 94.4 cm³/mol. The first kappa shape index (κ1) is 16.8. The van der Waals surface area contributed by atoms with E-state index in [4.69, 9.17) is 11.6 Å². The zero-order valence-electron chi connectivity index (χ0n) is 13.2. The number of rotatable bonds is 3. The van der Waals surface area contributed by atoms with Crippen molar-refractivity contribution in [3.63, 3.8) is 0 Å². The summed E-state index contributed by atoms with van der Waals surface area (Å²) in [6, 6.07) is 11.9. The number of halogens is 1. The summed E-state index contributed by atoms with van der Waals surface area (Å²) in [5, 5.41) is 6.03. The Hall–Kier alpha value is -2.53. The molecule has 6 heteroatoms. The fourth-order valence-electron chi connectivity index (χ4n) is 1.91. The van der Waals surface area contributed by atoms with Crippen LogP contribution < -0.4 is 15.5 Å². The number of hydrogen-bond acceptors (Lipinski definition) is 2. The number of aryl methyl sites for hydroxylation is 1. The van der Waals surface area contributed by atoms with E-state index in [0.717, 1.165) is 11.3 Å². The summed E-state index contributed by atoms with van der Waals surface area (Å²) >= 11 is 6.03. The molecule has 0 heterocycles. The summed E-state index contributed by atoms with van der Waals surface area (Å²) in [6.45, 7) is 3.39. The molecule has 0 atom stereocenters. The Kier molecular flexibility index (Phi) is 5.24. The van der Waals surface area contributed by atoms with Crippen LogP contribution in [0.25, 0.3) is 0 Å². The Labute approximate surface area is 140 Å². The molecule has 0 fully saturated rings. The lowest BCUT2D eigenvalue weighted by atomic mass is 10.2. The summed E-state index contributed by atoms with van der Waals surface area (Å²) in [5.74, 6) is -0.0558. The molecule has 2 N–H and O–H groups in total. The number of nitrogens with one attached hydrogen (secondary N) is 2. The zero-order valence-corrected chi connectivity index (χ0v) is 13.9. The van der Waals surface area contributed by atoms with Crippen molar-refractivity contribution in [2.24, 2.45) is 0 Å². The highest BCUT2D eigenvalue weighted by molar-refractivity contribution is 6.31. The summed E-state index contributed by atoms with van der Waals surface area (Å²) in [5.41, 5.74) is 2.95. The average Bonchev–Trinajstić information content (AvgIpc) is 2.51. The fraction of sp³-hybridized carbons (Fsp3) is 0.176. The van der Waals surface area contributed by atoms with Gasteiger partial charge in [0.2, 0.25) is 5.91 Å². The second kappa shape index (κ2) is 7.15. The molecule has 3 amide bonds. The number of anilines is 3. The molecule has 120 valence electrons. The van der Waals surface area contributed by atoms with E-state index in [0.29, 0.717) is 16.4 Å². The highest BCUT2D eigenvalue weighted by Crippen LogP contribution is 2.21. The molecule has 0 bridgehead atoms. The van der Waals surface area contributed by atoms with Gasteiger partial charge in [0.1, 0.15) is 0 Å². The first-order valence-electron chi connectivity index (χ1n) is 7.05. The van der Waals surface area contributed by atoms with E-state index in [9.17, 15) is 9.59 Å². The first-order chi connectivity index (χ1) is 10.9. The highest BCUT2D eigenvalue weighted by Gasteiger charge is 2.07. The molecule has 0 spiro atoms. The van der Waals surface area contributed by atoms with Crippen LogP contribution in [0.4, 0.5) is 21.9 Å². The second-order valence-electron chi connectivity index (χ2n) is 5.17. The lowest BCUT2D eigenvalue weighted by Gasteiger charge is -2.15. The van der Waals surface area contributed by atoms with E-state index in [2.05, 4.69) is 10.6 Å². The van der Waals surface area contributed by atoms with Crippen molar-refractivity contribution in [2.45, 2.75) is 13.8 Å². The maximum Gasteiger partial charge on any atom is 0.323 e. The Morgan fingerprint density at radius 1 is 1.00 bits per heavy atom. The van der Waals surface area contributed by atoms with Crippen molar-refractivity contribution < 1.29 is 9.59 Å². The largest absolute Gasteiger partial charge is 0.323 e. The van der Waals surface area contributed by atoms with E-state index < -0.39 is 0 Å². The summed E-state index contributed by atoms with van der Waals surface area (Å²) in [4.78, 5) is 24.8. The van der Waals surface area contributed by atoms with Crippen LogP contribution in [0.3, 0.4) is 0 Å². The van der Waals surface area contributed by atoms with Crippen molar-refractivity contribution in [3.05, 3.63) is 53.1 Å². The minimum atomic E-state index is -0.363. The Morgan fingerprint density at radius 2 is 1.57 bits per heavy atom. The van der Waals surface area contributed by atoms with Gasteiger partial charge in [-0.25, -0.2) is 4.79 Å². The molecule has 2 rings (SSSR count). The summed E-state index contributed by atoms with van der Waals surface area (Å²) in [6.07, 6.45) is 0. The summed E-state index contributed by atoms with van der Waals surface area (Å²) in [7, 11) is 1.69. The van der Waals surface area contributed by atoms with E-state index >= 15 is 0 Å². The molecule has 0 saturated heterocycles. The van der Waals surface area contributed by atoms with Gasteiger partial charge in [0.05, 0.1) is 0 Å². The molecule has 0 aliphatic rings. The predicted octanol–water partition coefficient (Wildman–Crippen LogP) is 4.28. The zero-order chi connectivity index (χ0) is 17.0. The minimum absolute atomic E-state index is 0.0558. The van der Waals surface area contributed by atoms with Gasteiger partial charge in [-0.2, -0.15) is 0 Å². The van der Waals surface area contributed by atoms with Crippen LogP contribution >= 0.6 is 11.6 Å². The van der Waals surface area contributed by atoms with Crippen molar-refractivity contribution in [3.8, 4) is 0 Å². The average molecular weight is 332 g/mol. The Balaban J connectivity index is 2.00. The van der Waals surface area contributed by atoms with Crippen molar-refractivity contribution >= 4 is 40.6 Å². The third-order valence-electron chi connectivity index (χ3n) is 3.41. The smallest absolute Gasteiger partial charge is 0.316 e. The van der Waals surface area contributed by atoms with Gasteiger partial charge in [-0.15, -0.1) is 0 Å². The van der Waals surface area contributed by atoms with Crippen molar-refractivity contribution in [2.75, 3.05) is 22.6 Å². The Morgan fingerprint density at radius 3 is 2.13 bits per heavy atom. The maximum absolute atomic E-state index is 12.0. The van der Waals surface area contributed by atoms with Crippen LogP contribution in [0.15, 0.2) is 42.5 Å². The van der Waals surface area contributed by atoms with Gasteiger partial charge in [0.15, 0.2) is 0 Å². The number of carbonyl (C=O) groups is 2. The number of amides is 3. The lowest BCUT2D eigenvalue weighted by molar-refractivity contribution is -0.116. The van der Waals surface area contributed by atoms with Crippen LogP contribution in [0.5, 0.6) is 0 Å². The topological polar surface area (TPSA) is 61.4 Å². The van der Waals surface area contributed by atoms with Gasteiger partial charge >= 0.3 is 6.03 Å². The fourth-order valence-corrected chi connectivity index (χ4v) is 2.09. The number of nitrogens with zero attached hydrogens (tertiary/aromatic N) is 1. The molecule has 5 nitrogen and oxygen atoms in total. The van der Waals surface area contributed by atoms with Crippen molar-refractivity contribution in [1.29, 1.82) is 0 Å². The summed E-state index contributed by atoms with van der Waals surface area (Å²) < 4.78 is 0. The molecule has 0 aliphatic carbocycles. The molecule has 2 aromatic carbocycles. The van der Waals surface area contributed by atoms with Gasteiger partial charge in [-0.3, -0.25) is 4.79 Å². The van der Waals surface area contributed by atoms with Crippen LogP contribution in [0, 0.1) is 6.92 Å². The monoisotopic (exact) mass is 331 g/mol. The van der Waals surface area contributed by atoms with Gasteiger partial charge in [0.25, 0.3) is 0 Å². The molecule has 0 aliphatic heterocycles. The van der Waals surface area contributed by atoms with E-state index in [1.54, 1.807) is 43.4 Å². The minimum Gasteiger partial charge on any atom is -0.316 e.